The lowest BCUT2D eigenvalue weighted by Crippen LogP contribution is -2.54. The predicted octanol–water partition coefficient (Wildman–Crippen LogP) is 30.7. The fraction of sp³-hybridized carbons (Fsp3) is 0.564. The maximum Gasteiger partial charge on any atom is 0.408 e. The quantitative estimate of drug-likeness (QED) is 0.0270. The zero-order valence-electron chi connectivity index (χ0n) is 84.3. The van der Waals surface area contributed by atoms with Gasteiger partial charge in [-0.25, -0.2) is 9.59 Å². The molecular weight excluding hydrogens is 1690 g/mol. The van der Waals surface area contributed by atoms with E-state index in [1.54, 1.807) is 34.6 Å². The van der Waals surface area contributed by atoms with Gasteiger partial charge < -0.3 is 72.2 Å². The van der Waals surface area contributed by atoms with Crippen LogP contribution in [0.3, 0.4) is 0 Å². The number of alkyl carbamates (subject to hydrolysis) is 1. The smallest absolute Gasteiger partial charge is 0.408 e. The molecule has 0 saturated heterocycles. The van der Waals surface area contributed by atoms with E-state index in [1.807, 2.05) is 127 Å². The molecule has 0 radical (unpaired) electrons. The van der Waals surface area contributed by atoms with Crippen molar-refractivity contribution in [3.05, 3.63) is 220 Å². The molecule has 18 heteroatoms. The molecule has 0 aromatic heterocycles. The van der Waals surface area contributed by atoms with Crippen molar-refractivity contribution < 1.29 is 76.0 Å². The number of methoxy groups -OCH3 is 1. The molecule has 0 spiro atoms. The summed E-state index contributed by atoms with van der Waals surface area (Å²) in [6, 6.07) is 55.5. The highest BCUT2D eigenvalue weighted by Gasteiger charge is 2.31. The second-order valence-corrected chi connectivity index (χ2v) is 37.9. The van der Waals surface area contributed by atoms with Crippen LogP contribution in [0.4, 0.5) is 4.79 Å². The Hall–Kier alpha value is -10.2. The summed E-state index contributed by atoms with van der Waals surface area (Å²) < 4.78 is 82.3. The Morgan fingerprint density at radius 2 is 0.526 bits per heavy atom. The maximum atomic E-state index is 14.0. The minimum atomic E-state index is -1.11. The minimum absolute atomic E-state index is 0.0743. The summed E-state index contributed by atoms with van der Waals surface area (Å²) in [6.45, 7) is 22.3. The van der Waals surface area contributed by atoms with E-state index >= 15 is 0 Å². The molecule has 135 heavy (non-hydrogen) atoms. The highest BCUT2D eigenvalue weighted by molar-refractivity contribution is 5.90. The van der Waals surface area contributed by atoms with Crippen LogP contribution in [-0.4, -0.2) is 69.2 Å². The highest BCUT2D eigenvalue weighted by atomic mass is 16.6. The number of ether oxygens (including phenoxy) is 13. The zero-order valence-corrected chi connectivity index (χ0v) is 84.3. The lowest BCUT2D eigenvalue weighted by atomic mass is 10.0. The summed E-state index contributed by atoms with van der Waals surface area (Å²) in [6.07, 6.45) is 50.3. The normalized spacial score (nSPS) is 11.8. The number of rotatable bonds is 76. The van der Waals surface area contributed by atoms with E-state index in [9.17, 15) is 14.4 Å². The van der Waals surface area contributed by atoms with Crippen molar-refractivity contribution in [2.45, 2.75) is 390 Å². The van der Waals surface area contributed by atoms with Gasteiger partial charge in [-0.1, -0.05) is 345 Å². The van der Waals surface area contributed by atoms with Crippen LogP contribution in [0.5, 0.6) is 63.2 Å². The Kier molecular flexibility index (Phi) is 54.7. The summed E-state index contributed by atoms with van der Waals surface area (Å²) in [4.78, 5) is 40.1. The van der Waals surface area contributed by atoms with Crippen LogP contribution in [0.25, 0.3) is 0 Å². The first kappa shape index (κ1) is 110. The average Bonchev–Trinajstić information content (AvgIpc) is 0.840. The molecular formula is C117H168N2O16. The van der Waals surface area contributed by atoms with Crippen molar-refractivity contribution in [1.82, 2.24) is 10.6 Å². The van der Waals surface area contributed by atoms with Crippen molar-refractivity contribution in [3.8, 4) is 63.2 Å². The number of hydrogen-bond donors (Lipinski definition) is 2. The third-order valence-electron chi connectivity index (χ3n) is 24.3. The number of nitrogens with one attached hydrogen (secondary N) is 2. The molecule has 2 unspecified atom stereocenters. The molecule has 0 aliphatic heterocycles. The van der Waals surface area contributed by atoms with Gasteiger partial charge in [-0.15, -0.1) is 0 Å². The van der Waals surface area contributed by atoms with Crippen molar-refractivity contribution in [2.24, 2.45) is 5.92 Å². The van der Waals surface area contributed by atoms with E-state index in [0.717, 1.165) is 87.6 Å². The number of esters is 1. The Balaban J connectivity index is 1.01. The third-order valence-corrected chi connectivity index (χ3v) is 24.3. The molecule has 0 heterocycles. The number of carbonyl (C=O) groups excluding carboxylic acids is 3. The summed E-state index contributed by atoms with van der Waals surface area (Å²) in [5, 5.41) is 5.53. The Morgan fingerprint density at radius 3 is 0.822 bits per heavy atom. The maximum absolute atomic E-state index is 14.0. The van der Waals surface area contributed by atoms with Gasteiger partial charge in [-0.2, -0.15) is 0 Å². The summed E-state index contributed by atoms with van der Waals surface area (Å²) in [5.41, 5.74) is 6.27. The Morgan fingerprint density at radius 1 is 0.267 bits per heavy atom. The van der Waals surface area contributed by atoms with Crippen LogP contribution in [0.2, 0.25) is 0 Å². The van der Waals surface area contributed by atoms with E-state index in [2.05, 4.69) is 86.9 Å². The van der Waals surface area contributed by atoms with Crippen molar-refractivity contribution in [3.63, 3.8) is 0 Å². The Bertz CT molecular complexity index is 4230. The molecule has 0 bridgehead atoms. The molecule has 0 aliphatic rings. The molecule has 8 aromatic rings. The van der Waals surface area contributed by atoms with Crippen LogP contribution in [-0.2, 0) is 71.7 Å². The zero-order chi connectivity index (χ0) is 95.8. The monoisotopic (exact) mass is 1860 g/mol. The first-order valence-electron chi connectivity index (χ1n) is 52.1. The number of benzene rings is 8. The second kappa shape index (κ2) is 67.1. The molecule has 8 aromatic carbocycles. The molecule has 2 atom stereocenters. The largest absolute Gasteiger partial charge is 0.494 e. The van der Waals surface area contributed by atoms with Gasteiger partial charge in [0.1, 0.15) is 104 Å². The number of amides is 2. The fourth-order valence-electron chi connectivity index (χ4n) is 16.1. The van der Waals surface area contributed by atoms with Gasteiger partial charge in [0, 0.05) is 12.5 Å². The third kappa shape index (κ3) is 47.9. The molecule has 742 valence electrons. The molecule has 0 saturated carbocycles. The predicted molar refractivity (Wildman–Crippen MR) is 547 cm³/mol. The van der Waals surface area contributed by atoms with Gasteiger partial charge in [0.2, 0.25) is 5.91 Å². The van der Waals surface area contributed by atoms with Gasteiger partial charge in [0.25, 0.3) is 0 Å². The molecule has 8 rings (SSSR count). The molecule has 18 nitrogen and oxygen atoms in total. The van der Waals surface area contributed by atoms with Crippen LogP contribution in [0.15, 0.2) is 176 Å². The van der Waals surface area contributed by atoms with E-state index in [0.29, 0.717) is 85.5 Å². The van der Waals surface area contributed by atoms with Crippen molar-refractivity contribution in [2.75, 3.05) is 33.5 Å². The molecule has 0 aliphatic carbocycles. The Labute approximate surface area is 812 Å². The lowest BCUT2D eigenvalue weighted by Gasteiger charge is -2.26. The highest BCUT2D eigenvalue weighted by Crippen LogP contribution is 2.36. The topological polar surface area (TPSA) is 195 Å². The number of carbonyl (C=O) groups is 3. The number of hydrogen-bond acceptors (Lipinski definition) is 16. The molecule has 2 amide bonds. The van der Waals surface area contributed by atoms with Crippen molar-refractivity contribution >= 4 is 18.0 Å². The first-order chi connectivity index (χ1) is 65.9. The minimum Gasteiger partial charge on any atom is -0.494 e. The van der Waals surface area contributed by atoms with Gasteiger partial charge in [-0.05, 0) is 194 Å². The van der Waals surface area contributed by atoms with Crippen LogP contribution < -0.4 is 62.7 Å². The molecule has 0 fully saturated rings. The van der Waals surface area contributed by atoms with E-state index in [4.69, 9.17) is 61.6 Å². The van der Waals surface area contributed by atoms with Gasteiger partial charge in [0.05, 0.1) is 33.5 Å². The molecule has 2 N–H and O–H groups in total. The summed E-state index contributed by atoms with van der Waals surface area (Å²) >= 11 is 0. The lowest BCUT2D eigenvalue weighted by molar-refractivity contribution is -0.146. The van der Waals surface area contributed by atoms with E-state index in [-0.39, 0.29) is 45.4 Å². The van der Waals surface area contributed by atoms with E-state index < -0.39 is 35.7 Å². The standard InChI is InChI=1S/C117H168N2O16/c1-11-15-19-23-27-31-35-39-43-47-75-124-101-65-53-94(54-66-101)85-131-109-73-61-98(82-111(109)133-87-96-57-69-103(70-58-96)126-77-49-45-41-37-33-29-25-21-17-13-3)89-129-106-79-100(91-128-105-63-51-93(52-64-105)81-108(118-116(122)135-117(7,8)9)114(120)119-113(92(5)6)115(121)123-10)80-107(84-106)130-90-99-62-74-110(132-86-95-55-67-102(68-56-95)125-76-48-44-40-36-32-28-24-20-16-12-2)112(83-99)134-88-97-59-71-104(72-60-97)127-78-50-46-42-38-34-30-26-22-18-14-4/h51-74,79-80,82-84,92,108,113H,11-50,75-78,81,85-91H2,1-10H3,(H,118,122)(H,119,120). The van der Waals surface area contributed by atoms with E-state index in [1.165, 1.54) is 238 Å². The van der Waals surface area contributed by atoms with Gasteiger partial charge >= 0.3 is 12.1 Å². The SMILES string of the molecule is CCCCCCCCCCCCOc1ccc(COc2ccc(COc3cc(COc4ccc(CC(NC(=O)OC(C)(C)C)C(=O)NC(C(=O)OC)C(C)C)cc4)cc(OCc4ccc(OCc5ccc(OCCCCCCCCCCCC)cc5)c(OCc5ccc(OCCCCCCCCCCCC)cc5)c4)c3)cc2OCc2ccc(OCCCCCCCCCCCC)cc2)cc1. The average molecular weight is 1860 g/mol. The van der Waals surface area contributed by atoms with Gasteiger partial charge in [-0.3, -0.25) is 4.79 Å². The van der Waals surface area contributed by atoms with Crippen LogP contribution in [0, 0.1) is 5.92 Å². The number of unbranched alkanes of at least 4 members (excludes halogenated alkanes) is 36. The van der Waals surface area contributed by atoms with Crippen LogP contribution >= 0.6 is 0 Å². The summed E-state index contributed by atoms with van der Waals surface area (Å²) in [5.74, 6) is 5.83. The fourth-order valence-corrected chi connectivity index (χ4v) is 16.1. The van der Waals surface area contributed by atoms with Gasteiger partial charge in [0.15, 0.2) is 23.0 Å². The second-order valence-electron chi connectivity index (χ2n) is 37.9. The van der Waals surface area contributed by atoms with Crippen LogP contribution in [0.1, 0.15) is 364 Å². The summed E-state index contributed by atoms with van der Waals surface area (Å²) in [7, 11) is 1.27. The van der Waals surface area contributed by atoms with Crippen molar-refractivity contribution in [1.29, 1.82) is 0 Å². The first-order valence-corrected chi connectivity index (χ1v) is 52.1.